The summed E-state index contributed by atoms with van der Waals surface area (Å²) in [5.41, 5.74) is -0.481. The van der Waals surface area contributed by atoms with Crippen LogP contribution in [-0.4, -0.2) is 15.0 Å². The molecule has 0 saturated carbocycles. The molecular formula is C24H40N2O5. The molecule has 0 bridgehead atoms. The number of nitro benzene ring substituents is 2. The Kier molecular flexibility index (Phi) is 14.5. The Morgan fingerprint density at radius 2 is 1.03 bits per heavy atom. The first-order valence-electron chi connectivity index (χ1n) is 12.1. The van der Waals surface area contributed by atoms with Gasteiger partial charge in [0.25, 0.3) is 11.4 Å². The Morgan fingerprint density at radius 1 is 0.677 bits per heavy atom. The molecule has 0 saturated heterocycles. The summed E-state index contributed by atoms with van der Waals surface area (Å²) in [5.74, 6) is 0. The average molecular weight is 437 g/mol. The highest BCUT2D eigenvalue weighted by Crippen LogP contribution is 2.29. The first-order chi connectivity index (χ1) is 15.0. The fourth-order valence-electron chi connectivity index (χ4n) is 3.90. The lowest BCUT2D eigenvalue weighted by Gasteiger charge is -2.11. The molecule has 7 nitrogen and oxygen atoms in total. The third kappa shape index (κ3) is 12.4. The molecule has 1 atom stereocenters. The molecule has 0 fully saturated rings. The molecule has 31 heavy (non-hydrogen) atoms. The van der Waals surface area contributed by atoms with E-state index in [0.29, 0.717) is 6.42 Å². The zero-order valence-electron chi connectivity index (χ0n) is 19.1. The number of aliphatic hydroxyl groups excluding tert-OH is 1. The number of non-ortho nitro benzene ring substituents is 2. The number of nitro groups is 2. The second-order valence-electron chi connectivity index (χ2n) is 8.55. The fourth-order valence-corrected chi connectivity index (χ4v) is 3.90. The lowest BCUT2D eigenvalue weighted by Crippen LogP contribution is -2.01. The average Bonchev–Trinajstić information content (AvgIpc) is 2.75. The van der Waals surface area contributed by atoms with Crippen LogP contribution in [0.25, 0.3) is 0 Å². The van der Waals surface area contributed by atoms with Crippen molar-refractivity contribution in [3.63, 3.8) is 0 Å². The monoisotopic (exact) mass is 436 g/mol. The zero-order valence-corrected chi connectivity index (χ0v) is 19.1. The number of rotatable bonds is 19. The number of benzene rings is 1. The van der Waals surface area contributed by atoms with E-state index in [4.69, 9.17) is 0 Å². The first-order valence-corrected chi connectivity index (χ1v) is 12.1. The van der Waals surface area contributed by atoms with Crippen molar-refractivity contribution in [3.8, 4) is 0 Å². The van der Waals surface area contributed by atoms with Crippen molar-refractivity contribution in [2.75, 3.05) is 0 Å². The van der Waals surface area contributed by atoms with Gasteiger partial charge in [0.1, 0.15) is 0 Å². The Balaban J connectivity index is 2.09. The maximum atomic E-state index is 11.0. The maximum Gasteiger partial charge on any atom is 0.276 e. The highest BCUT2D eigenvalue weighted by Gasteiger charge is 2.19. The van der Waals surface area contributed by atoms with Gasteiger partial charge in [0.15, 0.2) is 0 Å². The van der Waals surface area contributed by atoms with Crippen LogP contribution < -0.4 is 0 Å². The van der Waals surface area contributed by atoms with Crippen molar-refractivity contribution in [1.82, 2.24) is 0 Å². The normalized spacial score (nSPS) is 12.1. The van der Waals surface area contributed by atoms with Crippen molar-refractivity contribution in [2.24, 2.45) is 0 Å². The molecule has 0 aliphatic rings. The highest BCUT2D eigenvalue weighted by molar-refractivity contribution is 5.47. The molecule has 1 N–H and O–H groups in total. The minimum Gasteiger partial charge on any atom is -0.388 e. The molecule has 0 radical (unpaired) electrons. The number of hydrogen-bond donors (Lipinski definition) is 1. The molecule has 1 aromatic carbocycles. The second-order valence-corrected chi connectivity index (χ2v) is 8.55. The van der Waals surface area contributed by atoms with Gasteiger partial charge in [0.05, 0.1) is 22.0 Å². The van der Waals surface area contributed by atoms with Crippen LogP contribution in [0.5, 0.6) is 0 Å². The molecule has 1 unspecified atom stereocenters. The van der Waals surface area contributed by atoms with Gasteiger partial charge in [-0.25, -0.2) is 0 Å². The van der Waals surface area contributed by atoms with E-state index in [1.165, 1.54) is 89.2 Å². The minimum atomic E-state index is -0.916. The number of hydrogen-bond acceptors (Lipinski definition) is 5. The van der Waals surface area contributed by atoms with Gasteiger partial charge in [-0.15, -0.1) is 0 Å². The maximum absolute atomic E-state index is 11.0. The quantitative estimate of drug-likeness (QED) is 0.135. The summed E-state index contributed by atoms with van der Waals surface area (Å²) >= 11 is 0. The van der Waals surface area contributed by atoms with E-state index in [1.807, 2.05) is 0 Å². The van der Waals surface area contributed by atoms with E-state index in [9.17, 15) is 25.3 Å². The lowest BCUT2D eigenvalue weighted by atomic mass is 10.0. The third-order valence-electron chi connectivity index (χ3n) is 5.81. The van der Waals surface area contributed by atoms with Crippen molar-refractivity contribution in [3.05, 3.63) is 44.0 Å². The van der Waals surface area contributed by atoms with Crippen LogP contribution >= 0.6 is 0 Å². The largest absolute Gasteiger partial charge is 0.388 e. The topological polar surface area (TPSA) is 107 Å². The summed E-state index contributed by atoms with van der Waals surface area (Å²) in [6, 6.07) is 3.37. The van der Waals surface area contributed by atoms with Crippen LogP contribution in [0.1, 0.15) is 121 Å². The number of nitrogens with zero attached hydrogens (tertiary/aromatic N) is 2. The van der Waals surface area contributed by atoms with Gasteiger partial charge in [0, 0.05) is 12.1 Å². The van der Waals surface area contributed by atoms with E-state index in [1.54, 1.807) is 0 Å². The van der Waals surface area contributed by atoms with E-state index in [-0.39, 0.29) is 16.9 Å². The predicted octanol–water partition coefficient (Wildman–Crippen LogP) is 7.80. The first kappa shape index (κ1) is 27.0. The van der Waals surface area contributed by atoms with Crippen molar-refractivity contribution >= 4 is 11.4 Å². The lowest BCUT2D eigenvalue weighted by molar-refractivity contribution is -0.394. The predicted molar refractivity (Wildman–Crippen MR) is 124 cm³/mol. The summed E-state index contributed by atoms with van der Waals surface area (Å²) in [7, 11) is 0. The molecule has 0 aromatic heterocycles. The molecule has 0 spiro atoms. The molecule has 0 aliphatic carbocycles. The molecule has 0 aliphatic heterocycles. The van der Waals surface area contributed by atoms with Crippen LogP contribution in [0.4, 0.5) is 11.4 Å². The van der Waals surface area contributed by atoms with Gasteiger partial charge < -0.3 is 5.11 Å². The summed E-state index contributed by atoms with van der Waals surface area (Å²) in [6.07, 6.45) is 18.4. The Hall–Kier alpha value is -2.02. The molecular weight excluding hydrogens is 396 g/mol. The SMILES string of the molecule is CCCCCCCCCCCCCCCCCC(O)c1cc([N+](=O)[O-])cc([N+](=O)[O-])c1. The van der Waals surface area contributed by atoms with Gasteiger partial charge in [-0.2, -0.15) is 0 Å². The Morgan fingerprint density at radius 3 is 1.39 bits per heavy atom. The Labute approximate surface area is 186 Å². The van der Waals surface area contributed by atoms with Crippen molar-refractivity contribution in [1.29, 1.82) is 0 Å². The summed E-state index contributed by atoms with van der Waals surface area (Å²) in [6.45, 7) is 2.25. The van der Waals surface area contributed by atoms with E-state index >= 15 is 0 Å². The third-order valence-corrected chi connectivity index (χ3v) is 5.81. The Bertz CT molecular complexity index is 619. The molecule has 7 heteroatoms. The fraction of sp³-hybridized carbons (Fsp3) is 0.750. The molecule has 1 rings (SSSR count). The van der Waals surface area contributed by atoms with Gasteiger partial charge >= 0.3 is 0 Å². The molecule has 176 valence electrons. The van der Waals surface area contributed by atoms with Gasteiger partial charge in [-0.05, 0) is 12.0 Å². The summed E-state index contributed by atoms with van der Waals surface area (Å²) < 4.78 is 0. The minimum absolute atomic E-state index is 0.242. The highest BCUT2D eigenvalue weighted by atomic mass is 16.6. The van der Waals surface area contributed by atoms with Crippen LogP contribution in [0.15, 0.2) is 18.2 Å². The smallest absolute Gasteiger partial charge is 0.276 e. The van der Waals surface area contributed by atoms with Crippen LogP contribution in [0.3, 0.4) is 0 Å². The van der Waals surface area contributed by atoms with Gasteiger partial charge in [-0.1, -0.05) is 103 Å². The number of unbranched alkanes of at least 4 members (excludes halogenated alkanes) is 14. The van der Waals surface area contributed by atoms with Crippen LogP contribution in [0, 0.1) is 20.2 Å². The molecule has 0 amide bonds. The molecule has 1 aromatic rings. The zero-order chi connectivity index (χ0) is 22.9. The van der Waals surface area contributed by atoms with Crippen LogP contribution in [0.2, 0.25) is 0 Å². The summed E-state index contributed by atoms with van der Waals surface area (Å²) in [5, 5.41) is 32.2. The van der Waals surface area contributed by atoms with Gasteiger partial charge in [-0.3, -0.25) is 20.2 Å². The van der Waals surface area contributed by atoms with E-state index in [2.05, 4.69) is 6.92 Å². The second kappa shape index (κ2) is 16.6. The van der Waals surface area contributed by atoms with Crippen molar-refractivity contribution in [2.45, 2.75) is 116 Å². The standard InChI is InChI=1S/C24H40N2O5/c1-2-3-4-5-6-7-8-9-10-11-12-13-14-15-16-17-24(27)21-18-22(25(28)29)20-23(19-21)26(30)31/h18-20,24,27H,2-17H2,1H3. The van der Waals surface area contributed by atoms with E-state index in [0.717, 1.165) is 25.3 Å². The van der Waals surface area contributed by atoms with Gasteiger partial charge in [0.2, 0.25) is 0 Å². The van der Waals surface area contributed by atoms with Crippen molar-refractivity contribution < 1.29 is 15.0 Å². The molecule has 0 heterocycles. The summed E-state index contributed by atoms with van der Waals surface area (Å²) in [4.78, 5) is 20.6. The van der Waals surface area contributed by atoms with E-state index < -0.39 is 16.0 Å². The number of aliphatic hydroxyl groups is 1. The van der Waals surface area contributed by atoms with Crippen LogP contribution in [-0.2, 0) is 0 Å².